The number of rotatable bonds is 5. The highest BCUT2D eigenvalue weighted by molar-refractivity contribution is 5.77. The van der Waals surface area contributed by atoms with Crippen LogP contribution in [0.5, 0.6) is 17.2 Å². The predicted molar refractivity (Wildman–Crippen MR) is 105 cm³/mol. The first-order valence-corrected chi connectivity index (χ1v) is 9.44. The van der Waals surface area contributed by atoms with Gasteiger partial charge in [-0.15, -0.1) is 0 Å². The van der Waals surface area contributed by atoms with Crippen molar-refractivity contribution in [1.29, 1.82) is 0 Å². The van der Waals surface area contributed by atoms with Crippen LogP contribution in [0.1, 0.15) is 38.1 Å². The van der Waals surface area contributed by atoms with Crippen LogP contribution in [0.2, 0.25) is 0 Å². The molecule has 148 valence electrons. The molecule has 0 amide bonds. The first-order valence-electron chi connectivity index (χ1n) is 9.44. The van der Waals surface area contributed by atoms with Crippen molar-refractivity contribution in [3.05, 3.63) is 28.8 Å². The van der Waals surface area contributed by atoms with Crippen molar-refractivity contribution in [2.24, 2.45) is 0 Å². The molecule has 8 heteroatoms. The van der Waals surface area contributed by atoms with Gasteiger partial charge in [-0.3, -0.25) is 9.55 Å². The molecule has 0 radical (unpaired) electrons. The van der Waals surface area contributed by atoms with Crippen LogP contribution < -0.4 is 19.9 Å². The zero-order valence-corrected chi connectivity index (χ0v) is 16.3. The lowest BCUT2D eigenvalue weighted by Gasteiger charge is -2.22. The monoisotopic (exact) mass is 384 g/mol. The summed E-state index contributed by atoms with van der Waals surface area (Å²) in [5, 5.41) is 0. The van der Waals surface area contributed by atoms with Crippen LogP contribution >= 0.6 is 0 Å². The Morgan fingerprint density at radius 3 is 2.46 bits per heavy atom. The van der Waals surface area contributed by atoms with Crippen molar-refractivity contribution in [2.75, 3.05) is 21.3 Å². The number of ether oxygens (including phenoxy) is 3. The SMILES string of the molecule is COc1ccc(-c2cnc3[nH]c(=O)n(C4CCCCC4)c3n2)c(OC)c1OC. The molecule has 3 aromatic rings. The fourth-order valence-electron chi connectivity index (χ4n) is 4.00. The molecule has 0 bridgehead atoms. The van der Waals surface area contributed by atoms with Crippen LogP contribution in [0.15, 0.2) is 23.1 Å². The highest BCUT2D eigenvalue weighted by atomic mass is 16.5. The lowest BCUT2D eigenvalue weighted by Crippen LogP contribution is -2.24. The minimum absolute atomic E-state index is 0.154. The Bertz CT molecular complexity index is 1050. The molecular formula is C20H24N4O4. The fourth-order valence-corrected chi connectivity index (χ4v) is 4.00. The van der Waals surface area contributed by atoms with Crippen LogP contribution in [-0.2, 0) is 0 Å². The van der Waals surface area contributed by atoms with E-state index in [9.17, 15) is 4.79 Å². The number of nitrogens with zero attached hydrogens (tertiary/aromatic N) is 3. The van der Waals surface area contributed by atoms with Gasteiger partial charge in [-0.1, -0.05) is 19.3 Å². The molecule has 1 aliphatic carbocycles. The third-order valence-electron chi connectivity index (χ3n) is 5.35. The van der Waals surface area contributed by atoms with Gasteiger partial charge in [0, 0.05) is 11.6 Å². The highest BCUT2D eigenvalue weighted by Crippen LogP contribution is 2.43. The molecule has 0 unspecified atom stereocenters. The number of hydrogen-bond donors (Lipinski definition) is 1. The number of H-pyrrole nitrogens is 1. The van der Waals surface area contributed by atoms with E-state index in [1.807, 2.05) is 6.07 Å². The molecule has 8 nitrogen and oxygen atoms in total. The van der Waals surface area contributed by atoms with Crippen LogP contribution in [0.25, 0.3) is 22.6 Å². The minimum Gasteiger partial charge on any atom is -0.493 e. The van der Waals surface area contributed by atoms with E-state index in [-0.39, 0.29) is 11.7 Å². The number of benzene rings is 1. The van der Waals surface area contributed by atoms with Gasteiger partial charge in [-0.05, 0) is 25.0 Å². The number of imidazole rings is 1. The third-order valence-corrected chi connectivity index (χ3v) is 5.35. The molecule has 1 aromatic carbocycles. The molecule has 4 rings (SSSR count). The van der Waals surface area contributed by atoms with Crippen LogP contribution in [0, 0.1) is 0 Å². The standard InChI is InChI=1S/C20H24N4O4/c1-26-15-10-9-13(16(27-2)17(15)28-3)14-11-21-18-19(22-14)24(20(25)23-18)12-7-5-4-6-8-12/h9-12H,4-8H2,1-3H3,(H,21,23,25). The highest BCUT2D eigenvalue weighted by Gasteiger charge is 2.23. The maximum atomic E-state index is 12.6. The Hall–Kier alpha value is -3.03. The average molecular weight is 384 g/mol. The van der Waals surface area contributed by atoms with Crippen LogP contribution in [0.4, 0.5) is 0 Å². The normalized spacial score (nSPS) is 15.0. The molecule has 1 saturated carbocycles. The van der Waals surface area contributed by atoms with Crippen molar-refractivity contribution in [3.63, 3.8) is 0 Å². The largest absolute Gasteiger partial charge is 0.493 e. The van der Waals surface area contributed by atoms with E-state index < -0.39 is 0 Å². The van der Waals surface area contributed by atoms with E-state index in [2.05, 4.69) is 9.97 Å². The predicted octanol–water partition coefficient (Wildman–Crippen LogP) is 3.32. The minimum atomic E-state index is -0.154. The fraction of sp³-hybridized carbons (Fsp3) is 0.450. The molecule has 2 aromatic heterocycles. The van der Waals surface area contributed by atoms with Crippen molar-refractivity contribution in [1.82, 2.24) is 19.5 Å². The van der Waals surface area contributed by atoms with Gasteiger partial charge in [-0.25, -0.2) is 14.8 Å². The molecule has 0 saturated heterocycles. The van der Waals surface area contributed by atoms with Crippen molar-refractivity contribution < 1.29 is 14.2 Å². The summed E-state index contributed by atoms with van der Waals surface area (Å²) < 4.78 is 18.2. The number of fused-ring (bicyclic) bond motifs is 1. The first kappa shape index (κ1) is 18.3. The van der Waals surface area contributed by atoms with Gasteiger partial charge in [0.25, 0.3) is 0 Å². The van der Waals surface area contributed by atoms with Gasteiger partial charge in [-0.2, -0.15) is 0 Å². The van der Waals surface area contributed by atoms with Gasteiger partial charge in [0.1, 0.15) is 0 Å². The van der Waals surface area contributed by atoms with Crippen LogP contribution in [0.3, 0.4) is 0 Å². The van der Waals surface area contributed by atoms with E-state index in [4.69, 9.17) is 19.2 Å². The summed E-state index contributed by atoms with van der Waals surface area (Å²) in [4.78, 5) is 24.6. The first-order chi connectivity index (χ1) is 13.7. The Morgan fingerprint density at radius 2 is 1.79 bits per heavy atom. The summed E-state index contributed by atoms with van der Waals surface area (Å²) in [6.07, 6.45) is 7.07. The molecule has 2 heterocycles. The Labute approximate surface area is 162 Å². The van der Waals surface area contributed by atoms with Crippen molar-refractivity contribution in [3.8, 4) is 28.5 Å². The maximum Gasteiger partial charge on any atom is 0.329 e. The summed E-state index contributed by atoms with van der Waals surface area (Å²) in [6, 6.07) is 3.81. The lowest BCUT2D eigenvalue weighted by atomic mass is 9.95. The van der Waals surface area contributed by atoms with Crippen molar-refractivity contribution >= 4 is 11.3 Å². The zero-order chi connectivity index (χ0) is 19.7. The summed E-state index contributed by atoms with van der Waals surface area (Å²) in [5.74, 6) is 1.57. The number of methoxy groups -OCH3 is 3. The second kappa shape index (κ2) is 7.53. The van der Waals surface area contributed by atoms with E-state index in [0.717, 1.165) is 31.2 Å². The molecular weight excluding hydrogens is 360 g/mol. The molecule has 1 aliphatic rings. The summed E-state index contributed by atoms with van der Waals surface area (Å²) in [7, 11) is 4.71. The second-order valence-electron chi connectivity index (χ2n) is 6.90. The number of aromatic amines is 1. The zero-order valence-electron chi connectivity index (χ0n) is 16.3. The quantitative estimate of drug-likeness (QED) is 0.726. The molecule has 0 atom stereocenters. The lowest BCUT2D eigenvalue weighted by molar-refractivity contribution is 0.325. The molecule has 1 fully saturated rings. The Morgan fingerprint density at radius 1 is 1.04 bits per heavy atom. The van der Waals surface area contributed by atoms with E-state index in [0.29, 0.717) is 34.2 Å². The molecule has 28 heavy (non-hydrogen) atoms. The number of aromatic nitrogens is 4. The van der Waals surface area contributed by atoms with Crippen LogP contribution in [-0.4, -0.2) is 40.8 Å². The Kier molecular flexibility index (Phi) is 4.93. The third kappa shape index (κ3) is 2.98. The van der Waals surface area contributed by atoms with E-state index in [1.54, 1.807) is 38.2 Å². The van der Waals surface area contributed by atoms with Gasteiger partial charge in [0.2, 0.25) is 5.75 Å². The van der Waals surface area contributed by atoms with Crippen molar-refractivity contribution in [2.45, 2.75) is 38.1 Å². The second-order valence-corrected chi connectivity index (χ2v) is 6.90. The van der Waals surface area contributed by atoms with Gasteiger partial charge < -0.3 is 14.2 Å². The smallest absolute Gasteiger partial charge is 0.329 e. The molecule has 0 spiro atoms. The topological polar surface area (TPSA) is 91.3 Å². The Balaban J connectivity index is 1.87. The summed E-state index contributed by atoms with van der Waals surface area (Å²) >= 11 is 0. The van der Waals surface area contributed by atoms with E-state index >= 15 is 0 Å². The average Bonchev–Trinajstić information content (AvgIpc) is 3.07. The molecule has 0 aliphatic heterocycles. The van der Waals surface area contributed by atoms with Gasteiger partial charge in [0.05, 0.1) is 33.2 Å². The maximum absolute atomic E-state index is 12.6. The van der Waals surface area contributed by atoms with E-state index in [1.165, 1.54) is 6.42 Å². The summed E-state index contributed by atoms with van der Waals surface area (Å²) in [6.45, 7) is 0. The molecule has 1 N–H and O–H groups in total. The van der Waals surface area contributed by atoms with Gasteiger partial charge >= 0.3 is 5.69 Å². The number of hydrogen-bond acceptors (Lipinski definition) is 6. The number of nitrogens with one attached hydrogen (secondary N) is 1. The van der Waals surface area contributed by atoms with Gasteiger partial charge in [0.15, 0.2) is 22.8 Å². The summed E-state index contributed by atoms with van der Waals surface area (Å²) in [5.41, 5.74) is 2.25.